The van der Waals surface area contributed by atoms with Gasteiger partial charge in [0.15, 0.2) is 0 Å². The molecule has 1 atom stereocenters. The number of halogens is 1. The molecule has 0 bridgehead atoms. The molecule has 0 spiro atoms. The minimum atomic E-state index is 0.371. The van der Waals surface area contributed by atoms with Gasteiger partial charge >= 0.3 is 0 Å². The molecule has 2 aromatic rings. The Bertz CT molecular complexity index is 481. The molecule has 5 nitrogen and oxygen atoms in total. The first-order valence-corrected chi connectivity index (χ1v) is 5.71. The molecule has 0 aliphatic heterocycles. The molecule has 2 rings (SSSR count). The zero-order valence-corrected chi connectivity index (χ0v) is 10.1. The van der Waals surface area contributed by atoms with Gasteiger partial charge in [0.25, 0.3) is 5.78 Å². The zero-order chi connectivity index (χ0) is 11.5. The number of rotatable bonds is 4. The van der Waals surface area contributed by atoms with Gasteiger partial charge in [-0.3, -0.25) is 0 Å². The maximum Gasteiger partial charge on any atom is 0.255 e. The number of nitrogens with one attached hydrogen (secondary N) is 1. The zero-order valence-electron chi connectivity index (χ0n) is 9.31. The van der Waals surface area contributed by atoms with Crippen LogP contribution in [0.5, 0.6) is 0 Å². The number of fused-ring (bicyclic) bond motifs is 1. The fourth-order valence-electron chi connectivity index (χ4n) is 1.64. The van der Waals surface area contributed by atoms with Gasteiger partial charge < -0.3 is 5.32 Å². The smallest absolute Gasteiger partial charge is 0.255 e. The van der Waals surface area contributed by atoms with E-state index >= 15 is 0 Å². The molecule has 0 aromatic carbocycles. The normalized spacial score (nSPS) is 12.9. The Kier molecular flexibility index (Phi) is 3.24. The van der Waals surface area contributed by atoms with Crippen molar-refractivity contribution in [2.24, 2.45) is 0 Å². The van der Waals surface area contributed by atoms with Gasteiger partial charge in [0.05, 0.1) is 0 Å². The van der Waals surface area contributed by atoms with Crippen LogP contribution in [-0.4, -0.2) is 25.6 Å². The van der Waals surface area contributed by atoms with Crippen molar-refractivity contribution in [3.63, 3.8) is 0 Å². The highest BCUT2D eigenvalue weighted by Gasteiger charge is 2.08. The molecule has 2 aromatic heterocycles. The maximum atomic E-state index is 5.91. The monoisotopic (exact) mass is 239 g/mol. The van der Waals surface area contributed by atoms with Crippen molar-refractivity contribution in [1.29, 1.82) is 0 Å². The number of anilines is 1. The van der Waals surface area contributed by atoms with Crippen LogP contribution >= 0.6 is 11.6 Å². The Labute approximate surface area is 98.9 Å². The summed E-state index contributed by atoms with van der Waals surface area (Å²) in [6.07, 6.45) is 3.69. The predicted molar refractivity (Wildman–Crippen MR) is 63.8 cm³/mol. The van der Waals surface area contributed by atoms with Gasteiger partial charge in [-0.15, -0.1) is 0 Å². The molecular formula is C10H14ClN5. The molecule has 16 heavy (non-hydrogen) atoms. The molecule has 86 valence electrons. The first-order chi connectivity index (χ1) is 7.70. The van der Waals surface area contributed by atoms with E-state index in [1.165, 1.54) is 6.33 Å². The van der Waals surface area contributed by atoms with E-state index in [0.29, 0.717) is 17.0 Å². The highest BCUT2D eigenvalue weighted by Crippen LogP contribution is 2.16. The lowest BCUT2D eigenvalue weighted by Crippen LogP contribution is -2.17. The van der Waals surface area contributed by atoms with Crippen LogP contribution in [0.15, 0.2) is 12.4 Å². The second-order valence-electron chi connectivity index (χ2n) is 3.77. The number of hydrogen-bond acceptors (Lipinski definition) is 4. The lowest BCUT2D eigenvalue weighted by molar-refractivity contribution is 0.682. The lowest BCUT2D eigenvalue weighted by Gasteiger charge is -2.14. The minimum absolute atomic E-state index is 0.371. The van der Waals surface area contributed by atoms with E-state index in [9.17, 15) is 0 Å². The van der Waals surface area contributed by atoms with Crippen molar-refractivity contribution in [3.05, 3.63) is 17.5 Å². The Hall–Kier alpha value is -1.36. The van der Waals surface area contributed by atoms with Crippen LogP contribution < -0.4 is 5.32 Å². The predicted octanol–water partition coefficient (Wildman–Crippen LogP) is 2.38. The van der Waals surface area contributed by atoms with Crippen LogP contribution in [0.4, 0.5) is 5.82 Å². The van der Waals surface area contributed by atoms with Gasteiger partial charge in [-0.05, 0) is 13.3 Å². The van der Waals surface area contributed by atoms with E-state index in [0.717, 1.165) is 18.7 Å². The van der Waals surface area contributed by atoms with Crippen molar-refractivity contribution in [1.82, 2.24) is 19.6 Å². The molecule has 0 radical (unpaired) electrons. The van der Waals surface area contributed by atoms with Gasteiger partial charge in [0.1, 0.15) is 17.3 Å². The fraction of sp³-hybridized carbons (Fsp3) is 0.500. The Morgan fingerprint density at radius 3 is 3.12 bits per heavy atom. The summed E-state index contributed by atoms with van der Waals surface area (Å²) in [5.41, 5.74) is 0. The van der Waals surface area contributed by atoms with Gasteiger partial charge in [-0.1, -0.05) is 24.9 Å². The minimum Gasteiger partial charge on any atom is -0.367 e. The molecule has 0 aliphatic rings. The average molecular weight is 240 g/mol. The van der Waals surface area contributed by atoms with Crippen LogP contribution in [0, 0.1) is 0 Å². The molecule has 0 fully saturated rings. The van der Waals surface area contributed by atoms with Crippen molar-refractivity contribution in [2.75, 3.05) is 5.32 Å². The first kappa shape index (κ1) is 11.1. The number of aromatic nitrogens is 4. The summed E-state index contributed by atoms with van der Waals surface area (Å²) in [4.78, 5) is 8.07. The highest BCUT2D eigenvalue weighted by molar-refractivity contribution is 6.29. The van der Waals surface area contributed by atoms with Crippen LogP contribution in [0.3, 0.4) is 0 Å². The average Bonchev–Trinajstić information content (AvgIpc) is 2.65. The van der Waals surface area contributed by atoms with E-state index in [1.807, 2.05) is 0 Å². The molecule has 1 unspecified atom stereocenters. The van der Waals surface area contributed by atoms with Crippen molar-refractivity contribution in [3.8, 4) is 0 Å². The van der Waals surface area contributed by atoms with Crippen molar-refractivity contribution in [2.45, 2.75) is 32.7 Å². The van der Waals surface area contributed by atoms with E-state index in [-0.39, 0.29) is 0 Å². The van der Waals surface area contributed by atoms with Gasteiger partial charge in [0.2, 0.25) is 0 Å². The number of hydrogen-bond donors (Lipinski definition) is 1. The number of nitrogens with zero attached hydrogens (tertiary/aromatic N) is 4. The summed E-state index contributed by atoms with van der Waals surface area (Å²) in [7, 11) is 0. The van der Waals surface area contributed by atoms with E-state index in [1.54, 1.807) is 10.6 Å². The highest BCUT2D eigenvalue weighted by atomic mass is 35.5. The quantitative estimate of drug-likeness (QED) is 0.833. The maximum absolute atomic E-state index is 5.91. The molecule has 2 heterocycles. The van der Waals surface area contributed by atoms with Gasteiger partial charge in [-0.25, -0.2) is 0 Å². The van der Waals surface area contributed by atoms with E-state index < -0.39 is 0 Å². The summed E-state index contributed by atoms with van der Waals surface area (Å²) in [5, 5.41) is 7.87. The molecule has 0 amide bonds. The lowest BCUT2D eigenvalue weighted by atomic mass is 10.2. The third kappa shape index (κ3) is 2.24. The molecule has 6 heteroatoms. The van der Waals surface area contributed by atoms with Gasteiger partial charge in [0, 0.05) is 12.1 Å². The van der Waals surface area contributed by atoms with Crippen LogP contribution in [0.1, 0.15) is 26.7 Å². The summed E-state index contributed by atoms with van der Waals surface area (Å²) in [6, 6.07) is 2.13. The largest absolute Gasteiger partial charge is 0.367 e. The SMILES string of the molecule is CCCC(C)Nc1cc(Cl)nc2ncnn12. The molecule has 0 aliphatic carbocycles. The Balaban J connectivity index is 2.31. The summed E-state index contributed by atoms with van der Waals surface area (Å²) in [5.74, 6) is 1.34. The van der Waals surface area contributed by atoms with E-state index in [4.69, 9.17) is 11.6 Å². The van der Waals surface area contributed by atoms with Crippen molar-refractivity contribution >= 4 is 23.2 Å². The van der Waals surface area contributed by atoms with Crippen molar-refractivity contribution < 1.29 is 0 Å². The molecule has 1 N–H and O–H groups in total. The molecular weight excluding hydrogens is 226 g/mol. The summed E-state index contributed by atoms with van der Waals surface area (Å²) < 4.78 is 1.65. The third-order valence-corrected chi connectivity index (χ3v) is 2.53. The molecule has 0 saturated carbocycles. The van der Waals surface area contributed by atoms with E-state index in [2.05, 4.69) is 34.2 Å². The Morgan fingerprint density at radius 1 is 1.56 bits per heavy atom. The topological polar surface area (TPSA) is 55.1 Å². The summed E-state index contributed by atoms with van der Waals surface area (Å²) >= 11 is 5.91. The molecule has 0 saturated heterocycles. The van der Waals surface area contributed by atoms with Crippen LogP contribution in [0.25, 0.3) is 5.78 Å². The van der Waals surface area contributed by atoms with Crippen LogP contribution in [0.2, 0.25) is 5.15 Å². The first-order valence-electron chi connectivity index (χ1n) is 5.33. The third-order valence-electron chi connectivity index (χ3n) is 2.34. The van der Waals surface area contributed by atoms with Crippen LogP contribution in [-0.2, 0) is 0 Å². The standard InChI is InChI=1S/C10H14ClN5/c1-3-4-7(2)14-9-5-8(11)15-10-12-6-13-16(9)10/h5-7,14H,3-4H2,1-2H3. The second kappa shape index (κ2) is 4.65. The fourth-order valence-corrected chi connectivity index (χ4v) is 1.82. The van der Waals surface area contributed by atoms with Gasteiger partial charge in [-0.2, -0.15) is 19.6 Å². The second-order valence-corrected chi connectivity index (χ2v) is 4.16. The summed E-state index contributed by atoms with van der Waals surface area (Å²) in [6.45, 7) is 4.28. The Morgan fingerprint density at radius 2 is 2.38 bits per heavy atom.